The normalized spacial score (nSPS) is 21.4. The van der Waals surface area contributed by atoms with Gasteiger partial charge in [0.1, 0.15) is 0 Å². The van der Waals surface area contributed by atoms with Crippen molar-refractivity contribution in [3.63, 3.8) is 0 Å². The molecule has 14 heteroatoms. The Morgan fingerprint density at radius 3 is 1.76 bits per heavy atom. The Kier molecular flexibility index (Phi) is 9.43. The number of hydrogen-bond donors (Lipinski definition) is 0. The van der Waals surface area contributed by atoms with Crippen LogP contribution in [0.25, 0.3) is 0 Å². The minimum absolute atomic E-state index is 0.361. The molecule has 0 heterocycles. The molecule has 1 aliphatic rings. The maximum Gasteiger partial charge on any atom is 0.384 e. The molecule has 0 atom stereocenters. The molecule has 0 spiro atoms. The maximum atomic E-state index is 13.7. The molecule has 1 rings (SSSR count). The van der Waals surface area contributed by atoms with Gasteiger partial charge in [-0.1, -0.05) is 39.0 Å². The number of carbonyl (C=O) groups is 1. The zero-order valence-corrected chi connectivity index (χ0v) is 17.4. The van der Waals surface area contributed by atoms with E-state index in [1.807, 2.05) is 6.92 Å². The standard InChI is InChI=1S/C19H24F12O2/c1-2-3-4-11-5-7-12(8-6-11)9-13(32)33-10-15(22,23)17(26,27)19(30,31)18(28,29)16(24,25)14(20)21/h11-12,14H,2-10H2,1H3/t11-,12-. The number of halogens is 12. The first-order valence-electron chi connectivity index (χ1n) is 10.2. The lowest BCUT2D eigenvalue weighted by atomic mass is 9.78. The van der Waals surface area contributed by atoms with Crippen LogP contribution >= 0.6 is 0 Å². The number of esters is 1. The van der Waals surface area contributed by atoms with Gasteiger partial charge in [0, 0.05) is 6.42 Å². The second-order valence-electron chi connectivity index (χ2n) is 8.25. The summed E-state index contributed by atoms with van der Waals surface area (Å²) in [6.07, 6.45) is -0.748. The van der Waals surface area contributed by atoms with E-state index >= 15 is 0 Å². The molecule has 196 valence electrons. The minimum atomic E-state index is -7.62. The molecule has 1 aliphatic carbocycles. The summed E-state index contributed by atoms with van der Waals surface area (Å²) >= 11 is 0. The van der Waals surface area contributed by atoms with Gasteiger partial charge >= 0.3 is 42.0 Å². The van der Waals surface area contributed by atoms with Crippen molar-refractivity contribution in [3.05, 3.63) is 0 Å². The molecule has 0 aromatic heterocycles. The van der Waals surface area contributed by atoms with Crippen LogP contribution in [0.5, 0.6) is 0 Å². The summed E-state index contributed by atoms with van der Waals surface area (Å²) in [4.78, 5) is 11.7. The van der Waals surface area contributed by atoms with Crippen LogP contribution in [-0.2, 0) is 9.53 Å². The highest BCUT2D eigenvalue weighted by Crippen LogP contribution is 2.58. The van der Waals surface area contributed by atoms with Crippen molar-refractivity contribution in [1.82, 2.24) is 0 Å². The van der Waals surface area contributed by atoms with Gasteiger partial charge in [0.2, 0.25) is 0 Å². The van der Waals surface area contributed by atoms with Crippen molar-refractivity contribution in [1.29, 1.82) is 0 Å². The van der Waals surface area contributed by atoms with E-state index in [9.17, 15) is 57.5 Å². The van der Waals surface area contributed by atoms with Crippen molar-refractivity contribution in [2.45, 2.75) is 94.3 Å². The van der Waals surface area contributed by atoms with Crippen LogP contribution in [0.4, 0.5) is 52.7 Å². The van der Waals surface area contributed by atoms with Gasteiger partial charge in [0.05, 0.1) is 0 Å². The highest BCUT2D eigenvalue weighted by Gasteiger charge is 2.87. The van der Waals surface area contributed by atoms with Gasteiger partial charge < -0.3 is 4.74 Å². The van der Waals surface area contributed by atoms with E-state index in [1.54, 1.807) is 0 Å². The molecule has 0 aromatic rings. The Labute approximate surface area is 182 Å². The molecule has 1 saturated carbocycles. The highest BCUT2D eigenvalue weighted by atomic mass is 19.4. The average Bonchev–Trinajstić information content (AvgIpc) is 2.71. The third-order valence-electron chi connectivity index (χ3n) is 5.74. The fourth-order valence-corrected chi connectivity index (χ4v) is 3.55. The molecule has 0 unspecified atom stereocenters. The molecule has 0 N–H and O–H groups in total. The largest absolute Gasteiger partial charge is 0.459 e. The van der Waals surface area contributed by atoms with Crippen molar-refractivity contribution in [3.8, 4) is 0 Å². The van der Waals surface area contributed by atoms with Crippen LogP contribution in [0.15, 0.2) is 0 Å². The van der Waals surface area contributed by atoms with Crippen molar-refractivity contribution >= 4 is 5.97 Å². The zero-order valence-electron chi connectivity index (χ0n) is 17.4. The molecule has 0 saturated heterocycles. The van der Waals surface area contributed by atoms with E-state index in [2.05, 4.69) is 4.74 Å². The third kappa shape index (κ3) is 6.01. The Bertz CT molecular complexity index is 643. The van der Waals surface area contributed by atoms with Crippen LogP contribution < -0.4 is 0 Å². The summed E-state index contributed by atoms with van der Waals surface area (Å²) in [5.74, 6) is -37.2. The van der Waals surface area contributed by atoms with Crippen LogP contribution in [0.2, 0.25) is 0 Å². The van der Waals surface area contributed by atoms with Crippen molar-refractivity contribution in [2.75, 3.05) is 6.61 Å². The Balaban J connectivity index is 2.78. The van der Waals surface area contributed by atoms with E-state index in [0.29, 0.717) is 31.6 Å². The molecule has 33 heavy (non-hydrogen) atoms. The topological polar surface area (TPSA) is 26.3 Å². The van der Waals surface area contributed by atoms with E-state index in [-0.39, 0.29) is 5.92 Å². The molecule has 0 aliphatic heterocycles. The van der Waals surface area contributed by atoms with Crippen molar-refractivity contribution in [2.24, 2.45) is 11.8 Å². The third-order valence-corrected chi connectivity index (χ3v) is 5.74. The lowest BCUT2D eigenvalue weighted by Crippen LogP contribution is -2.69. The highest BCUT2D eigenvalue weighted by molar-refractivity contribution is 5.69. The molecular formula is C19H24F12O2. The number of ether oxygens (including phenoxy) is 1. The monoisotopic (exact) mass is 512 g/mol. The first-order chi connectivity index (χ1) is 14.8. The zero-order chi connectivity index (χ0) is 25.9. The van der Waals surface area contributed by atoms with Crippen LogP contribution in [0, 0.1) is 11.8 Å². The first-order valence-corrected chi connectivity index (χ1v) is 10.2. The molecule has 0 radical (unpaired) electrons. The molecule has 0 aromatic carbocycles. The summed E-state index contributed by atoms with van der Waals surface area (Å²) in [5.41, 5.74) is 0. The second kappa shape index (κ2) is 10.5. The van der Waals surface area contributed by atoms with Gasteiger partial charge in [-0.2, -0.15) is 43.9 Å². The minimum Gasteiger partial charge on any atom is -0.459 e. The predicted octanol–water partition coefficient (Wildman–Crippen LogP) is 7.36. The lowest BCUT2D eigenvalue weighted by molar-refractivity contribution is -0.414. The van der Waals surface area contributed by atoms with Gasteiger partial charge in [-0.3, -0.25) is 4.79 Å². The van der Waals surface area contributed by atoms with E-state index in [4.69, 9.17) is 0 Å². The SMILES string of the molecule is CCCC[C@H]1CC[C@H](CC(=O)OCC(F)(F)C(F)(F)C(F)(F)C(F)(F)C(F)(F)C(F)F)CC1. The number of alkyl halides is 12. The Morgan fingerprint density at radius 1 is 0.818 bits per heavy atom. The fraction of sp³-hybridized carbons (Fsp3) is 0.947. The lowest BCUT2D eigenvalue weighted by Gasteiger charge is -2.38. The fourth-order valence-electron chi connectivity index (χ4n) is 3.55. The summed E-state index contributed by atoms with van der Waals surface area (Å²) < 4.78 is 161. The van der Waals surface area contributed by atoms with E-state index < -0.39 is 55.0 Å². The molecule has 1 fully saturated rings. The van der Waals surface area contributed by atoms with Gasteiger partial charge in [-0.25, -0.2) is 8.78 Å². The number of hydrogen-bond acceptors (Lipinski definition) is 2. The van der Waals surface area contributed by atoms with Gasteiger partial charge in [-0.05, 0) is 24.7 Å². The molecule has 0 bridgehead atoms. The van der Waals surface area contributed by atoms with Gasteiger partial charge in [0.15, 0.2) is 6.61 Å². The summed E-state index contributed by atoms with van der Waals surface area (Å²) in [5, 5.41) is 0. The molecule has 0 amide bonds. The van der Waals surface area contributed by atoms with Gasteiger partial charge in [0.25, 0.3) is 0 Å². The summed E-state index contributed by atoms with van der Waals surface area (Å²) in [6, 6.07) is 0. The average molecular weight is 512 g/mol. The van der Waals surface area contributed by atoms with Crippen molar-refractivity contribution < 1.29 is 62.2 Å². The quantitative estimate of drug-likeness (QED) is 0.202. The summed E-state index contributed by atoms with van der Waals surface area (Å²) in [6.45, 7) is -0.834. The molecular weight excluding hydrogens is 488 g/mol. The predicted molar refractivity (Wildman–Crippen MR) is 91.3 cm³/mol. The van der Waals surface area contributed by atoms with Crippen LogP contribution in [-0.4, -0.2) is 48.6 Å². The first kappa shape index (κ1) is 29.7. The second-order valence-corrected chi connectivity index (χ2v) is 8.25. The van der Waals surface area contributed by atoms with Crippen LogP contribution in [0.3, 0.4) is 0 Å². The summed E-state index contributed by atoms with van der Waals surface area (Å²) in [7, 11) is 0. The maximum absolute atomic E-state index is 13.7. The smallest absolute Gasteiger partial charge is 0.384 e. The van der Waals surface area contributed by atoms with E-state index in [0.717, 1.165) is 19.3 Å². The molecule has 2 nitrogen and oxygen atoms in total. The van der Waals surface area contributed by atoms with Gasteiger partial charge in [-0.15, -0.1) is 0 Å². The Hall–Kier alpha value is -1.37. The number of carbonyl (C=O) groups excluding carboxylic acids is 1. The Morgan fingerprint density at radius 2 is 1.30 bits per heavy atom. The number of rotatable bonds is 12. The number of unbranched alkanes of at least 4 members (excludes halogenated alkanes) is 1. The van der Waals surface area contributed by atoms with E-state index in [1.165, 1.54) is 0 Å². The van der Waals surface area contributed by atoms with Crippen LogP contribution in [0.1, 0.15) is 58.3 Å².